The van der Waals surface area contributed by atoms with E-state index in [1.807, 2.05) is 37.3 Å². The molecule has 2 aromatic rings. The van der Waals surface area contributed by atoms with Crippen molar-refractivity contribution in [3.8, 4) is 5.75 Å². The number of hydrogen-bond donors (Lipinski definition) is 1. The molecular weight excluding hydrogens is 268 g/mol. The number of hydrogen-bond acceptors (Lipinski definition) is 4. The van der Waals surface area contributed by atoms with Gasteiger partial charge in [0.05, 0.1) is 11.5 Å². The summed E-state index contributed by atoms with van der Waals surface area (Å²) < 4.78 is 5.84. The topological polar surface area (TPSA) is 64.4 Å². The lowest BCUT2D eigenvalue weighted by Crippen LogP contribution is -2.24. The number of anilines is 1. The molecule has 21 heavy (non-hydrogen) atoms. The summed E-state index contributed by atoms with van der Waals surface area (Å²) in [6.45, 7) is 2.40. The van der Waals surface area contributed by atoms with Crippen LogP contribution < -0.4 is 10.1 Å². The standard InChI is InChI=1S/C16H16N2O3/c1-11-5-4-7-14(18(19)20)16(11)17-10-13-9-12-6-2-3-8-15(12)21-13/h2-8,13,17H,9-10H2,1H3. The quantitative estimate of drug-likeness (QED) is 0.691. The van der Waals surface area contributed by atoms with E-state index in [0.29, 0.717) is 12.2 Å². The average molecular weight is 284 g/mol. The lowest BCUT2D eigenvalue weighted by molar-refractivity contribution is -0.384. The van der Waals surface area contributed by atoms with Crippen LogP contribution >= 0.6 is 0 Å². The summed E-state index contributed by atoms with van der Waals surface area (Å²) in [6, 6.07) is 13.0. The molecular formula is C16H16N2O3. The van der Waals surface area contributed by atoms with Gasteiger partial charge in [0.1, 0.15) is 17.5 Å². The van der Waals surface area contributed by atoms with Crippen molar-refractivity contribution in [2.75, 3.05) is 11.9 Å². The molecule has 0 fully saturated rings. The maximum Gasteiger partial charge on any atom is 0.292 e. The molecule has 1 atom stereocenters. The first-order chi connectivity index (χ1) is 10.1. The highest BCUT2D eigenvalue weighted by Crippen LogP contribution is 2.30. The van der Waals surface area contributed by atoms with Crippen LogP contribution in [-0.2, 0) is 6.42 Å². The van der Waals surface area contributed by atoms with Crippen LogP contribution in [0.1, 0.15) is 11.1 Å². The number of rotatable bonds is 4. The molecule has 1 aliphatic rings. The summed E-state index contributed by atoms with van der Waals surface area (Å²) in [4.78, 5) is 10.7. The van der Waals surface area contributed by atoms with Crippen molar-refractivity contribution in [2.24, 2.45) is 0 Å². The molecule has 1 unspecified atom stereocenters. The smallest absolute Gasteiger partial charge is 0.292 e. The van der Waals surface area contributed by atoms with Gasteiger partial charge in [-0.25, -0.2) is 0 Å². The van der Waals surface area contributed by atoms with E-state index in [0.717, 1.165) is 17.7 Å². The monoisotopic (exact) mass is 284 g/mol. The van der Waals surface area contributed by atoms with E-state index < -0.39 is 0 Å². The molecule has 5 nitrogen and oxygen atoms in total. The largest absolute Gasteiger partial charge is 0.488 e. The number of fused-ring (bicyclic) bond motifs is 1. The number of ether oxygens (including phenoxy) is 1. The minimum Gasteiger partial charge on any atom is -0.488 e. The Hall–Kier alpha value is -2.56. The maximum atomic E-state index is 11.1. The van der Waals surface area contributed by atoms with E-state index in [4.69, 9.17) is 4.74 Å². The molecule has 0 bridgehead atoms. The van der Waals surface area contributed by atoms with Crippen LogP contribution in [-0.4, -0.2) is 17.6 Å². The number of aryl methyl sites for hydroxylation is 1. The predicted octanol–water partition coefficient (Wildman–Crippen LogP) is 3.32. The Bertz CT molecular complexity index is 660. The predicted molar refractivity (Wildman–Crippen MR) is 80.9 cm³/mol. The zero-order chi connectivity index (χ0) is 14.8. The Labute approximate surface area is 122 Å². The van der Waals surface area contributed by atoms with E-state index in [1.54, 1.807) is 6.07 Å². The number of nitro groups is 1. The van der Waals surface area contributed by atoms with Gasteiger partial charge in [-0.15, -0.1) is 0 Å². The number of nitrogens with one attached hydrogen (secondary N) is 1. The molecule has 108 valence electrons. The Morgan fingerprint density at radius 1 is 1.29 bits per heavy atom. The molecule has 0 amide bonds. The summed E-state index contributed by atoms with van der Waals surface area (Å²) in [5.41, 5.74) is 2.72. The van der Waals surface area contributed by atoms with Crippen molar-refractivity contribution in [2.45, 2.75) is 19.4 Å². The van der Waals surface area contributed by atoms with Gasteiger partial charge in [-0.1, -0.05) is 30.3 Å². The molecule has 0 aromatic heterocycles. The summed E-state index contributed by atoms with van der Waals surface area (Å²) in [7, 11) is 0. The first-order valence-electron chi connectivity index (χ1n) is 6.87. The van der Waals surface area contributed by atoms with Crippen LogP contribution in [0.5, 0.6) is 5.75 Å². The molecule has 0 radical (unpaired) electrons. The van der Waals surface area contributed by atoms with Gasteiger partial charge in [-0.3, -0.25) is 10.1 Å². The lowest BCUT2D eigenvalue weighted by Gasteiger charge is -2.14. The number of para-hydroxylation sites is 2. The van der Waals surface area contributed by atoms with Gasteiger partial charge in [0, 0.05) is 12.5 Å². The van der Waals surface area contributed by atoms with Gasteiger partial charge >= 0.3 is 0 Å². The van der Waals surface area contributed by atoms with Gasteiger partial charge in [-0.05, 0) is 24.1 Å². The molecule has 1 N–H and O–H groups in total. The van der Waals surface area contributed by atoms with Crippen LogP contribution in [0, 0.1) is 17.0 Å². The maximum absolute atomic E-state index is 11.1. The molecule has 0 saturated carbocycles. The Morgan fingerprint density at radius 2 is 2.10 bits per heavy atom. The van der Waals surface area contributed by atoms with Crippen LogP contribution in [0.2, 0.25) is 0 Å². The third kappa shape index (κ3) is 2.67. The number of nitro benzene ring substituents is 1. The van der Waals surface area contributed by atoms with Crippen LogP contribution in [0.3, 0.4) is 0 Å². The van der Waals surface area contributed by atoms with E-state index in [2.05, 4.69) is 5.32 Å². The Balaban J connectivity index is 1.71. The first-order valence-corrected chi connectivity index (χ1v) is 6.87. The zero-order valence-electron chi connectivity index (χ0n) is 11.7. The molecule has 0 saturated heterocycles. The average Bonchev–Trinajstić information content (AvgIpc) is 2.88. The fourth-order valence-corrected chi connectivity index (χ4v) is 2.62. The second kappa shape index (κ2) is 5.44. The lowest BCUT2D eigenvalue weighted by atomic mass is 10.1. The summed E-state index contributed by atoms with van der Waals surface area (Å²) in [5.74, 6) is 0.906. The fraction of sp³-hybridized carbons (Fsp3) is 0.250. The van der Waals surface area contributed by atoms with Crippen LogP contribution in [0.4, 0.5) is 11.4 Å². The summed E-state index contributed by atoms with van der Waals surface area (Å²) >= 11 is 0. The van der Waals surface area contributed by atoms with Crippen molar-refractivity contribution in [3.63, 3.8) is 0 Å². The summed E-state index contributed by atoms with van der Waals surface area (Å²) in [5, 5.41) is 14.3. The van der Waals surface area contributed by atoms with Gasteiger partial charge in [0.15, 0.2) is 0 Å². The highest BCUT2D eigenvalue weighted by molar-refractivity contribution is 5.66. The molecule has 1 heterocycles. The second-order valence-electron chi connectivity index (χ2n) is 5.16. The van der Waals surface area contributed by atoms with E-state index in [-0.39, 0.29) is 16.7 Å². The molecule has 5 heteroatoms. The van der Waals surface area contributed by atoms with Crippen molar-refractivity contribution in [1.82, 2.24) is 0 Å². The van der Waals surface area contributed by atoms with Crippen LogP contribution in [0.15, 0.2) is 42.5 Å². The zero-order valence-corrected chi connectivity index (χ0v) is 11.7. The molecule has 0 aliphatic carbocycles. The Kier molecular flexibility index (Phi) is 3.48. The van der Waals surface area contributed by atoms with E-state index >= 15 is 0 Å². The van der Waals surface area contributed by atoms with E-state index in [9.17, 15) is 10.1 Å². The van der Waals surface area contributed by atoms with Crippen molar-refractivity contribution < 1.29 is 9.66 Å². The number of nitrogens with zero attached hydrogens (tertiary/aromatic N) is 1. The SMILES string of the molecule is Cc1cccc([N+](=O)[O-])c1NCC1Cc2ccccc2O1. The second-order valence-corrected chi connectivity index (χ2v) is 5.16. The van der Waals surface area contributed by atoms with Crippen molar-refractivity contribution >= 4 is 11.4 Å². The van der Waals surface area contributed by atoms with Gasteiger partial charge in [0.25, 0.3) is 5.69 Å². The van der Waals surface area contributed by atoms with Crippen LogP contribution in [0.25, 0.3) is 0 Å². The van der Waals surface area contributed by atoms with Gasteiger partial charge < -0.3 is 10.1 Å². The molecule has 3 rings (SSSR count). The highest BCUT2D eigenvalue weighted by Gasteiger charge is 2.23. The van der Waals surface area contributed by atoms with Gasteiger partial charge in [0.2, 0.25) is 0 Å². The van der Waals surface area contributed by atoms with E-state index in [1.165, 1.54) is 11.6 Å². The fourth-order valence-electron chi connectivity index (χ4n) is 2.62. The molecule has 2 aromatic carbocycles. The summed E-state index contributed by atoms with van der Waals surface area (Å²) in [6.07, 6.45) is 0.824. The third-order valence-corrected chi connectivity index (χ3v) is 3.67. The third-order valence-electron chi connectivity index (χ3n) is 3.67. The minimum atomic E-state index is -0.362. The Morgan fingerprint density at radius 3 is 2.86 bits per heavy atom. The van der Waals surface area contributed by atoms with Crippen molar-refractivity contribution in [1.29, 1.82) is 0 Å². The normalized spacial score (nSPS) is 16.1. The van der Waals surface area contributed by atoms with Crippen molar-refractivity contribution in [3.05, 3.63) is 63.7 Å². The molecule has 1 aliphatic heterocycles. The van der Waals surface area contributed by atoms with Gasteiger partial charge in [-0.2, -0.15) is 0 Å². The minimum absolute atomic E-state index is 0.00149. The number of benzene rings is 2. The first kappa shape index (κ1) is 13.4. The highest BCUT2D eigenvalue weighted by atomic mass is 16.6. The molecule has 0 spiro atoms.